The largest absolute Gasteiger partial charge is 0.478 e. The molecule has 1 fully saturated rings. The molecule has 1 saturated heterocycles. The number of carboxylic acid groups (broad SMARTS) is 1. The van der Waals surface area contributed by atoms with Crippen molar-refractivity contribution in [2.45, 2.75) is 51.0 Å². The first-order valence-corrected chi connectivity index (χ1v) is 13.1. The molecule has 206 valence electrons. The highest BCUT2D eigenvalue weighted by atomic mass is 19.1. The molecule has 3 aromatic carbocycles. The number of likely N-dealkylation sites (tertiary alicyclic amines) is 1. The van der Waals surface area contributed by atoms with E-state index in [-0.39, 0.29) is 11.6 Å². The van der Waals surface area contributed by atoms with Crippen LogP contribution in [0.25, 0.3) is 0 Å². The Hall–Kier alpha value is -4.11. The van der Waals surface area contributed by atoms with Gasteiger partial charge in [-0.05, 0) is 67.8 Å². The molecule has 0 unspecified atom stereocenters. The molecule has 3 N–H and O–H groups in total. The summed E-state index contributed by atoms with van der Waals surface area (Å²) in [6, 6.07) is 16.0. The van der Waals surface area contributed by atoms with Crippen LogP contribution >= 0.6 is 0 Å². The zero-order valence-corrected chi connectivity index (χ0v) is 21.9. The van der Waals surface area contributed by atoms with Gasteiger partial charge < -0.3 is 29.9 Å². The lowest BCUT2D eigenvalue weighted by molar-refractivity contribution is -0.0196. The summed E-state index contributed by atoms with van der Waals surface area (Å²) in [5, 5.41) is 22.9. The van der Waals surface area contributed by atoms with E-state index in [1.807, 2.05) is 0 Å². The summed E-state index contributed by atoms with van der Waals surface area (Å²) >= 11 is 0. The van der Waals surface area contributed by atoms with Crippen molar-refractivity contribution in [3.05, 3.63) is 78.1 Å². The number of nitrogens with one attached hydrogen (secondary N) is 1. The number of carboxylic acids is 1. The first-order chi connectivity index (χ1) is 18.7. The van der Waals surface area contributed by atoms with Gasteiger partial charge in [-0.15, -0.1) is 0 Å². The van der Waals surface area contributed by atoms with Crippen LogP contribution in [0.15, 0.2) is 66.7 Å². The van der Waals surface area contributed by atoms with Gasteiger partial charge in [-0.1, -0.05) is 26.2 Å². The van der Waals surface area contributed by atoms with Crippen LogP contribution in [0.5, 0.6) is 23.0 Å². The van der Waals surface area contributed by atoms with Gasteiger partial charge in [0.2, 0.25) is 0 Å². The van der Waals surface area contributed by atoms with Crippen LogP contribution in [-0.2, 0) is 0 Å². The third kappa shape index (κ3) is 7.94. The van der Waals surface area contributed by atoms with Crippen molar-refractivity contribution in [3.8, 4) is 23.0 Å². The maximum Gasteiger partial charge on any atom is 0.335 e. The maximum absolute atomic E-state index is 13.3. The standard InChI is InChI=1S/C30H33FN2O6/c1-2-3-4-13-30(37)14-16-33(17-15-30)29(36)32-23-18-26(38-24-9-5-21(6-10-24)28(34)35)20-27(19-23)39-25-11-7-22(31)8-12-25/h5-12,18-20,37H,2-4,13-17H2,1H3,(H,32,36)(H,34,35). The molecule has 0 bridgehead atoms. The number of piperidine rings is 1. The number of nitrogens with zero attached hydrogens (tertiary/aromatic N) is 1. The van der Waals surface area contributed by atoms with Crippen LogP contribution in [0.1, 0.15) is 55.8 Å². The van der Waals surface area contributed by atoms with E-state index in [0.717, 1.165) is 25.7 Å². The van der Waals surface area contributed by atoms with E-state index in [9.17, 15) is 19.1 Å². The van der Waals surface area contributed by atoms with Gasteiger partial charge in [0.05, 0.1) is 11.2 Å². The first kappa shape index (κ1) is 27.9. The summed E-state index contributed by atoms with van der Waals surface area (Å²) in [7, 11) is 0. The Morgan fingerprint density at radius 2 is 1.46 bits per heavy atom. The van der Waals surface area contributed by atoms with E-state index in [2.05, 4.69) is 12.2 Å². The molecule has 0 aliphatic carbocycles. The molecule has 0 saturated carbocycles. The number of benzene rings is 3. The summed E-state index contributed by atoms with van der Waals surface area (Å²) in [5.74, 6) is 0.0522. The number of ether oxygens (including phenoxy) is 2. The van der Waals surface area contributed by atoms with Crippen molar-refractivity contribution < 1.29 is 33.7 Å². The predicted octanol–water partition coefficient (Wildman–Crippen LogP) is 7.05. The third-order valence-electron chi connectivity index (χ3n) is 6.74. The van der Waals surface area contributed by atoms with Crippen LogP contribution in [0, 0.1) is 5.82 Å². The first-order valence-electron chi connectivity index (χ1n) is 13.1. The smallest absolute Gasteiger partial charge is 0.335 e. The molecule has 0 spiro atoms. The molecule has 0 atom stereocenters. The van der Waals surface area contributed by atoms with Gasteiger partial charge in [-0.3, -0.25) is 0 Å². The molecule has 1 aliphatic heterocycles. The molecule has 4 rings (SSSR count). The number of carbonyl (C=O) groups excluding carboxylic acids is 1. The second-order valence-electron chi connectivity index (χ2n) is 9.78. The van der Waals surface area contributed by atoms with E-state index < -0.39 is 17.4 Å². The highest BCUT2D eigenvalue weighted by Gasteiger charge is 2.33. The van der Waals surface area contributed by atoms with Crippen molar-refractivity contribution >= 4 is 17.7 Å². The number of hydrogen-bond donors (Lipinski definition) is 3. The normalized spacial score (nSPS) is 14.5. The van der Waals surface area contributed by atoms with Gasteiger partial charge in [0.15, 0.2) is 0 Å². The highest BCUT2D eigenvalue weighted by molar-refractivity contribution is 5.90. The van der Waals surface area contributed by atoms with Gasteiger partial charge in [0, 0.05) is 37.0 Å². The number of carbonyl (C=O) groups is 2. The number of aliphatic hydroxyl groups is 1. The summed E-state index contributed by atoms with van der Waals surface area (Å²) in [6.45, 7) is 3.02. The fourth-order valence-corrected chi connectivity index (χ4v) is 4.48. The van der Waals surface area contributed by atoms with Gasteiger partial charge in [0.25, 0.3) is 0 Å². The van der Waals surface area contributed by atoms with Crippen LogP contribution < -0.4 is 14.8 Å². The van der Waals surface area contributed by atoms with E-state index in [0.29, 0.717) is 54.6 Å². The fourth-order valence-electron chi connectivity index (χ4n) is 4.48. The van der Waals surface area contributed by atoms with Crippen LogP contribution in [-0.4, -0.2) is 45.8 Å². The molecule has 1 heterocycles. The molecule has 0 radical (unpaired) electrons. The molecule has 1 aliphatic rings. The summed E-state index contributed by atoms with van der Waals surface area (Å²) < 4.78 is 25.1. The Morgan fingerprint density at radius 3 is 2.00 bits per heavy atom. The minimum Gasteiger partial charge on any atom is -0.478 e. The number of aromatic carboxylic acids is 1. The maximum atomic E-state index is 13.3. The number of unbranched alkanes of at least 4 members (excludes halogenated alkanes) is 2. The van der Waals surface area contributed by atoms with Crippen molar-refractivity contribution in [3.63, 3.8) is 0 Å². The van der Waals surface area contributed by atoms with Gasteiger partial charge in [-0.25, -0.2) is 14.0 Å². The lowest BCUT2D eigenvalue weighted by atomic mass is 9.86. The summed E-state index contributed by atoms with van der Waals surface area (Å²) in [5.41, 5.74) is -0.186. The molecule has 39 heavy (non-hydrogen) atoms. The second kappa shape index (κ2) is 12.6. The summed E-state index contributed by atoms with van der Waals surface area (Å²) in [6.07, 6.45) is 4.94. The lowest BCUT2D eigenvalue weighted by Gasteiger charge is -2.38. The third-order valence-corrected chi connectivity index (χ3v) is 6.74. The van der Waals surface area contributed by atoms with Crippen molar-refractivity contribution in [2.75, 3.05) is 18.4 Å². The summed E-state index contributed by atoms with van der Waals surface area (Å²) in [4.78, 5) is 25.9. The Balaban J connectivity index is 1.48. The van der Waals surface area contributed by atoms with Gasteiger partial charge in [0.1, 0.15) is 28.8 Å². The molecule has 2 amide bonds. The lowest BCUT2D eigenvalue weighted by Crippen LogP contribution is -2.48. The topological polar surface area (TPSA) is 108 Å². The van der Waals surface area contributed by atoms with Crippen molar-refractivity contribution in [1.29, 1.82) is 0 Å². The van der Waals surface area contributed by atoms with E-state index in [1.165, 1.54) is 48.5 Å². The highest BCUT2D eigenvalue weighted by Crippen LogP contribution is 2.33. The second-order valence-corrected chi connectivity index (χ2v) is 9.78. The number of urea groups is 1. The number of hydrogen-bond acceptors (Lipinski definition) is 5. The Morgan fingerprint density at radius 1 is 0.897 bits per heavy atom. The van der Waals surface area contributed by atoms with E-state index in [1.54, 1.807) is 23.1 Å². The molecule has 8 nitrogen and oxygen atoms in total. The van der Waals surface area contributed by atoms with Gasteiger partial charge in [-0.2, -0.15) is 0 Å². The molecular weight excluding hydrogens is 503 g/mol. The van der Waals surface area contributed by atoms with Crippen molar-refractivity contribution in [2.24, 2.45) is 0 Å². The van der Waals surface area contributed by atoms with Crippen molar-refractivity contribution in [1.82, 2.24) is 4.90 Å². The minimum absolute atomic E-state index is 0.127. The zero-order chi connectivity index (χ0) is 27.8. The van der Waals surface area contributed by atoms with E-state index in [4.69, 9.17) is 14.6 Å². The predicted molar refractivity (Wildman–Crippen MR) is 145 cm³/mol. The Kier molecular flexibility index (Phi) is 9.03. The average molecular weight is 537 g/mol. The van der Waals surface area contributed by atoms with Crippen LogP contribution in [0.2, 0.25) is 0 Å². The molecule has 9 heteroatoms. The minimum atomic E-state index is -1.04. The average Bonchev–Trinajstić information content (AvgIpc) is 2.91. The Bertz CT molecular complexity index is 1270. The van der Waals surface area contributed by atoms with Gasteiger partial charge >= 0.3 is 12.0 Å². The molecule has 0 aromatic heterocycles. The SMILES string of the molecule is CCCCCC1(O)CCN(C(=O)Nc2cc(Oc3ccc(F)cc3)cc(Oc3ccc(C(=O)O)cc3)c2)CC1. The number of rotatable bonds is 10. The number of amides is 2. The fraction of sp³-hybridized carbons (Fsp3) is 0.333. The number of halogens is 1. The van der Waals surface area contributed by atoms with E-state index >= 15 is 0 Å². The molecule has 3 aromatic rings. The monoisotopic (exact) mass is 536 g/mol. The zero-order valence-electron chi connectivity index (χ0n) is 21.9. The van der Waals surface area contributed by atoms with Crippen LogP contribution in [0.4, 0.5) is 14.9 Å². The number of anilines is 1. The molecular formula is C30H33FN2O6. The van der Waals surface area contributed by atoms with Crippen LogP contribution in [0.3, 0.4) is 0 Å². The quantitative estimate of drug-likeness (QED) is 0.240. The Labute approximate surface area is 227 Å².